The van der Waals surface area contributed by atoms with Gasteiger partial charge < -0.3 is 15.1 Å². The standard InChI is InChI=1S/C23H24F3N3O2/c1-15(30)29-12-9-16-13-17(5-7-20(16)29)22(31)27-19-14-18(23(24,25)26)6-8-21(19)28-10-3-2-4-11-28/h5-8,13-14H,2-4,9-12H2,1H3,(H,27,31). The third-order valence-corrected chi connectivity index (χ3v) is 5.89. The topological polar surface area (TPSA) is 52.7 Å². The van der Waals surface area contributed by atoms with E-state index in [1.54, 1.807) is 23.1 Å². The van der Waals surface area contributed by atoms with E-state index in [9.17, 15) is 22.8 Å². The summed E-state index contributed by atoms with van der Waals surface area (Å²) in [7, 11) is 0. The molecule has 0 bridgehead atoms. The molecule has 1 N–H and O–H groups in total. The summed E-state index contributed by atoms with van der Waals surface area (Å²) < 4.78 is 39.9. The Morgan fingerprint density at radius 1 is 0.935 bits per heavy atom. The molecule has 2 amide bonds. The number of rotatable bonds is 3. The molecule has 0 unspecified atom stereocenters. The highest BCUT2D eigenvalue weighted by atomic mass is 19.4. The van der Waals surface area contributed by atoms with Crippen molar-refractivity contribution < 1.29 is 22.8 Å². The number of carbonyl (C=O) groups excluding carboxylic acids is 2. The number of anilines is 3. The molecule has 0 radical (unpaired) electrons. The molecule has 31 heavy (non-hydrogen) atoms. The van der Waals surface area contributed by atoms with Crippen molar-refractivity contribution in [2.75, 3.05) is 34.8 Å². The average molecular weight is 431 g/mol. The molecular formula is C23H24F3N3O2. The zero-order chi connectivity index (χ0) is 22.2. The first-order valence-electron chi connectivity index (χ1n) is 10.4. The Bertz CT molecular complexity index is 1010. The summed E-state index contributed by atoms with van der Waals surface area (Å²) >= 11 is 0. The van der Waals surface area contributed by atoms with Gasteiger partial charge >= 0.3 is 6.18 Å². The minimum absolute atomic E-state index is 0.0638. The molecule has 0 aromatic heterocycles. The molecule has 2 aliphatic heterocycles. The molecule has 0 saturated carbocycles. The van der Waals surface area contributed by atoms with E-state index in [2.05, 4.69) is 5.32 Å². The monoisotopic (exact) mass is 431 g/mol. The van der Waals surface area contributed by atoms with E-state index >= 15 is 0 Å². The van der Waals surface area contributed by atoms with Crippen LogP contribution in [0, 0.1) is 0 Å². The van der Waals surface area contributed by atoms with E-state index in [4.69, 9.17) is 0 Å². The zero-order valence-corrected chi connectivity index (χ0v) is 17.3. The molecule has 2 aromatic carbocycles. The molecule has 4 rings (SSSR count). The van der Waals surface area contributed by atoms with Gasteiger partial charge in [0.15, 0.2) is 0 Å². The molecule has 2 aromatic rings. The lowest BCUT2D eigenvalue weighted by molar-refractivity contribution is -0.137. The fourth-order valence-corrected chi connectivity index (χ4v) is 4.29. The van der Waals surface area contributed by atoms with Crippen LogP contribution >= 0.6 is 0 Å². The van der Waals surface area contributed by atoms with Crippen molar-refractivity contribution in [3.05, 3.63) is 53.1 Å². The molecule has 2 heterocycles. The quantitative estimate of drug-likeness (QED) is 0.756. The average Bonchev–Trinajstić information content (AvgIpc) is 3.17. The third kappa shape index (κ3) is 4.38. The minimum atomic E-state index is -4.50. The van der Waals surface area contributed by atoms with E-state index < -0.39 is 17.6 Å². The molecule has 1 fully saturated rings. The lowest BCUT2D eigenvalue weighted by atomic mass is 10.1. The van der Waals surface area contributed by atoms with Crippen molar-refractivity contribution in [2.45, 2.75) is 38.8 Å². The third-order valence-electron chi connectivity index (χ3n) is 5.89. The number of halogens is 3. The number of piperidine rings is 1. The highest BCUT2D eigenvalue weighted by molar-refractivity contribution is 6.07. The predicted molar refractivity (Wildman–Crippen MR) is 114 cm³/mol. The normalized spacial score (nSPS) is 16.3. The van der Waals surface area contributed by atoms with Gasteiger partial charge in [-0.3, -0.25) is 9.59 Å². The summed E-state index contributed by atoms with van der Waals surface area (Å²) in [4.78, 5) is 28.3. The van der Waals surface area contributed by atoms with Gasteiger partial charge in [-0.2, -0.15) is 13.2 Å². The van der Waals surface area contributed by atoms with Crippen molar-refractivity contribution in [3.8, 4) is 0 Å². The van der Waals surface area contributed by atoms with Gasteiger partial charge in [-0.1, -0.05) is 0 Å². The second kappa shape index (κ2) is 8.24. The van der Waals surface area contributed by atoms with E-state index in [1.807, 2.05) is 4.90 Å². The van der Waals surface area contributed by atoms with Crippen LogP contribution in [0.5, 0.6) is 0 Å². The summed E-state index contributed by atoms with van der Waals surface area (Å²) in [5.41, 5.74) is 1.97. The number of hydrogen-bond acceptors (Lipinski definition) is 3. The number of alkyl halides is 3. The van der Waals surface area contributed by atoms with Gasteiger partial charge in [-0.25, -0.2) is 0 Å². The molecule has 0 spiro atoms. The molecule has 2 aliphatic rings. The van der Waals surface area contributed by atoms with E-state index in [-0.39, 0.29) is 11.6 Å². The minimum Gasteiger partial charge on any atom is -0.370 e. The number of nitrogens with zero attached hydrogens (tertiary/aromatic N) is 2. The number of amides is 2. The van der Waals surface area contributed by atoms with Crippen molar-refractivity contribution in [2.24, 2.45) is 0 Å². The second-order valence-electron chi connectivity index (χ2n) is 8.00. The van der Waals surface area contributed by atoms with E-state index in [0.29, 0.717) is 24.2 Å². The lowest BCUT2D eigenvalue weighted by Gasteiger charge is -2.31. The Morgan fingerprint density at radius 2 is 1.65 bits per heavy atom. The van der Waals surface area contributed by atoms with Crippen LogP contribution in [-0.2, 0) is 17.4 Å². The summed E-state index contributed by atoms with van der Waals surface area (Å²) in [5, 5.41) is 2.70. The largest absolute Gasteiger partial charge is 0.416 e. The first kappa shape index (κ1) is 21.2. The Balaban J connectivity index is 1.63. The van der Waals surface area contributed by atoms with Crippen molar-refractivity contribution in [1.29, 1.82) is 0 Å². The predicted octanol–water partition coefficient (Wildman–Crippen LogP) is 4.86. The Labute approximate surface area is 178 Å². The van der Waals surface area contributed by atoms with Crippen LogP contribution in [0.3, 0.4) is 0 Å². The maximum absolute atomic E-state index is 13.3. The Morgan fingerprint density at radius 3 is 2.32 bits per heavy atom. The first-order valence-corrected chi connectivity index (χ1v) is 10.4. The van der Waals surface area contributed by atoms with Gasteiger partial charge in [-0.15, -0.1) is 0 Å². The summed E-state index contributed by atoms with van der Waals surface area (Å²) in [6.07, 6.45) is -0.842. The number of nitrogens with one attached hydrogen (secondary N) is 1. The lowest BCUT2D eigenvalue weighted by Crippen LogP contribution is -2.30. The van der Waals surface area contributed by atoms with E-state index in [1.165, 1.54) is 13.0 Å². The smallest absolute Gasteiger partial charge is 0.370 e. The van der Waals surface area contributed by atoms with Crippen molar-refractivity contribution in [1.82, 2.24) is 0 Å². The highest BCUT2D eigenvalue weighted by Gasteiger charge is 2.32. The Hall–Kier alpha value is -3.03. The van der Waals surface area contributed by atoms with Crippen LogP contribution in [0.2, 0.25) is 0 Å². The van der Waals surface area contributed by atoms with Gasteiger partial charge in [0.1, 0.15) is 0 Å². The number of benzene rings is 2. The summed E-state index contributed by atoms with van der Waals surface area (Å²) in [6.45, 7) is 3.54. The van der Waals surface area contributed by atoms with Crippen LogP contribution in [0.25, 0.3) is 0 Å². The molecule has 0 aliphatic carbocycles. The SMILES string of the molecule is CC(=O)N1CCc2cc(C(=O)Nc3cc(C(F)(F)F)ccc3N3CCCCC3)ccc21. The van der Waals surface area contributed by atoms with Crippen molar-refractivity contribution >= 4 is 28.9 Å². The first-order chi connectivity index (χ1) is 14.7. The highest BCUT2D eigenvalue weighted by Crippen LogP contribution is 2.37. The van der Waals surface area contributed by atoms with E-state index in [0.717, 1.165) is 55.7 Å². The molecule has 1 saturated heterocycles. The van der Waals surface area contributed by atoms with Gasteiger partial charge in [0, 0.05) is 37.8 Å². The fraction of sp³-hybridized carbons (Fsp3) is 0.391. The summed E-state index contributed by atoms with van der Waals surface area (Å²) in [5.74, 6) is -0.534. The van der Waals surface area contributed by atoms with Crippen LogP contribution in [0.1, 0.15) is 47.7 Å². The molecular weight excluding hydrogens is 407 g/mol. The Kier molecular flexibility index (Phi) is 5.64. The maximum atomic E-state index is 13.3. The fourth-order valence-electron chi connectivity index (χ4n) is 4.29. The number of carbonyl (C=O) groups is 2. The van der Waals surface area contributed by atoms with Gasteiger partial charge in [0.05, 0.1) is 16.9 Å². The van der Waals surface area contributed by atoms with Gasteiger partial charge in [0.25, 0.3) is 5.91 Å². The van der Waals surface area contributed by atoms with Crippen LogP contribution in [-0.4, -0.2) is 31.4 Å². The summed E-state index contributed by atoms with van der Waals surface area (Å²) in [6, 6.07) is 8.54. The van der Waals surface area contributed by atoms with Crippen molar-refractivity contribution in [3.63, 3.8) is 0 Å². The molecule has 164 valence electrons. The van der Waals surface area contributed by atoms with Crippen LogP contribution in [0.15, 0.2) is 36.4 Å². The van der Waals surface area contributed by atoms with Crippen LogP contribution < -0.4 is 15.1 Å². The molecule has 0 atom stereocenters. The maximum Gasteiger partial charge on any atom is 0.416 e. The van der Waals surface area contributed by atoms with Gasteiger partial charge in [-0.05, 0) is 67.6 Å². The number of fused-ring (bicyclic) bond motifs is 1. The molecule has 8 heteroatoms. The second-order valence-corrected chi connectivity index (χ2v) is 8.00. The number of hydrogen-bond donors (Lipinski definition) is 1. The van der Waals surface area contributed by atoms with Crippen LogP contribution in [0.4, 0.5) is 30.2 Å². The van der Waals surface area contributed by atoms with Gasteiger partial charge in [0.2, 0.25) is 5.91 Å². The molecule has 5 nitrogen and oxygen atoms in total. The zero-order valence-electron chi connectivity index (χ0n) is 17.3.